The number of nitrogens with one attached hydrogen (secondary N) is 1. The van der Waals surface area contributed by atoms with Crippen LogP contribution in [0.5, 0.6) is 0 Å². The first-order chi connectivity index (χ1) is 9.66. The third-order valence-electron chi connectivity index (χ3n) is 3.18. The maximum absolute atomic E-state index is 12.1. The largest absolute Gasteiger partial charge is 0.329 e. The molecule has 4 nitrogen and oxygen atoms in total. The van der Waals surface area contributed by atoms with Gasteiger partial charge in [-0.1, -0.05) is 30.3 Å². The van der Waals surface area contributed by atoms with Gasteiger partial charge in [-0.05, 0) is 52.4 Å². The van der Waals surface area contributed by atoms with Crippen LogP contribution in [0.1, 0.15) is 11.6 Å². The number of carbonyl (C=O) groups is 2. The Morgan fingerprint density at radius 3 is 2.25 bits per heavy atom. The van der Waals surface area contributed by atoms with Crippen molar-refractivity contribution in [2.45, 2.75) is 6.04 Å². The van der Waals surface area contributed by atoms with Gasteiger partial charge in [0.1, 0.15) is 6.04 Å². The maximum atomic E-state index is 12.1. The number of rotatable bonds is 2. The third kappa shape index (κ3) is 2.29. The van der Waals surface area contributed by atoms with E-state index in [0.717, 1.165) is 9.13 Å². The van der Waals surface area contributed by atoms with Gasteiger partial charge in [0.25, 0.3) is 5.91 Å². The molecular formula is C15H11IN2O2. The average molecular weight is 378 g/mol. The number of carbonyl (C=O) groups excluding carboxylic acids is 2. The summed E-state index contributed by atoms with van der Waals surface area (Å²) in [6, 6.07) is 15.8. The highest BCUT2D eigenvalue weighted by molar-refractivity contribution is 14.1. The van der Waals surface area contributed by atoms with E-state index in [9.17, 15) is 9.59 Å². The fourth-order valence-corrected chi connectivity index (χ4v) is 2.63. The Balaban J connectivity index is 2.04. The highest BCUT2D eigenvalue weighted by Crippen LogP contribution is 2.31. The molecule has 1 fully saturated rings. The van der Waals surface area contributed by atoms with E-state index in [2.05, 4.69) is 27.9 Å². The molecule has 3 rings (SSSR count). The van der Waals surface area contributed by atoms with Crippen LogP contribution in [0.25, 0.3) is 0 Å². The standard InChI is InChI=1S/C15H11IN2O2/c16-11-6-8-12(9-7-11)18-13(14(19)17-15(18)20)10-4-2-1-3-5-10/h1-9,13H,(H,17,19,20). The van der Waals surface area contributed by atoms with E-state index in [1.54, 1.807) is 0 Å². The predicted molar refractivity (Wildman–Crippen MR) is 84.4 cm³/mol. The quantitative estimate of drug-likeness (QED) is 0.645. The van der Waals surface area contributed by atoms with Gasteiger partial charge in [-0.25, -0.2) is 4.79 Å². The predicted octanol–water partition coefficient (Wildman–Crippen LogP) is 3.09. The number of nitrogens with zero attached hydrogens (tertiary/aromatic N) is 1. The summed E-state index contributed by atoms with van der Waals surface area (Å²) in [4.78, 5) is 25.6. The Hall–Kier alpha value is -1.89. The van der Waals surface area contributed by atoms with Gasteiger partial charge in [0.05, 0.1) is 0 Å². The molecule has 2 aromatic carbocycles. The highest BCUT2D eigenvalue weighted by atomic mass is 127. The van der Waals surface area contributed by atoms with Crippen LogP contribution in [0.2, 0.25) is 0 Å². The van der Waals surface area contributed by atoms with Crippen LogP contribution in [-0.4, -0.2) is 11.9 Å². The molecule has 0 spiro atoms. The Labute approximate surface area is 129 Å². The van der Waals surface area contributed by atoms with Crippen LogP contribution >= 0.6 is 22.6 Å². The van der Waals surface area contributed by atoms with Crippen molar-refractivity contribution >= 4 is 40.2 Å². The van der Waals surface area contributed by atoms with E-state index in [-0.39, 0.29) is 11.9 Å². The Bertz CT molecular complexity index is 655. The molecule has 2 aromatic rings. The smallest absolute Gasteiger partial charge is 0.277 e. The molecule has 0 bridgehead atoms. The maximum Gasteiger partial charge on any atom is 0.329 e. The van der Waals surface area contributed by atoms with Crippen molar-refractivity contribution in [1.29, 1.82) is 0 Å². The fourth-order valence-electron chi connectivity index (χ4n) is 2.27. The van der Waals surface area contributed by atoms with E-state index in [1.165, 1.54) is 4.90 Å². The second-order valence-corrected chi connectivity index (χ2v) is 5.70. The van der Waals surface area contributed by atoms with Gasteiger partial charge in [0.15, 0.2) is 0 Å². The summed E-state index contributed by atoms with van der Waals surface area (Å²) in [5.41, 5.74) is 1.51. The van der Waals surface area contributed by atoms with Crippen molar-refractivity contribution in [2.75, 3.05) is 4.90 Å². The summed E-state index contributed by atoms with van der Waals surface area (Å²) in [5, 5.41) is 2.37. The molecule has 1 N–H and O–H groups in total. The first-order valence-corrected chi connectivity index (χ1v) is 7.19. The number of imide groups is 1. The van der Waals surface area contributed by atoms with E-state index in [0.29, 0.717) is 5.69 Å². The Morgan fingerprint density at radius 1 is 0.950 bits per heavy atom. The zero-order chi connectivity index (χ0) is 14.1. The molecule has 5 heteroatoms. The first kappa shape index (κ1) is 13.1. The average Bonchev–Trinajstić information content (AvgIpc) is 2.75. The number of halogens is 1. The molecule has 1 aliphatic rings. The minimum absolute atomic E-state index is 0.292. The van der Waals surface area contributed by atoms with E-state index in [4.69, 9.17) is 0 Å². The van der Waals surface area contributed by atoms with E-state index < -0.39 is 6.04 Å². The van der Waals surface area contributed by atoms with Crippen molar-refractivity contribution in [1.82, 2.24) is 5.32 Å². The lowest BCUT2D eigenvalue weighted by Gasteiger charge is -2.22. The number of amides is 3. The van der Waals surface area contributed by atoms with Crippen molar-refractivity contribution < 1.29 is 9.59 Å². The van der Waals surface area contributed by atoms with Gasteiger partial charge in [-0.3, -0.25) is 15.0 Å². The molecule has 3 amide bonds. The molecule has 0 aliphatic carbocycles. The summed E-state index contributed by atoms with van der Waals surface area (Å²) in [6.45, 7) is 0. The monoisotopic (exact) mass is 378 g/mol. The van der Waals surface area contributed by atoms with Crippen LogP contribution < -0.4 is 10.2 Å². The molecule has 1 unspecified atom stereocenters. The fraction of sp³-hybridized carbons (Fsp3) is 0.0667. The summed E-state index contributed by atoms with van der Waals surface area (Å²) in [6.07, 6.45) is 0. The normalized spacial score (nSPS) is 18.2. The van der Waals surface area contributed by atoms with E-state index in [1.807, 2.05) is 54.6 Å². The zero-order valence-electron chi connectivity index (χ0n) is 10.4. The van der Waals surface area contributed by atoms with Crippen LogP contribution in [0, 0.1) is 3.57 Å². The summed E-state index contributed by atoms with van der Waals surface area (Å²) in [7, 11) is 0. The summed E-state index contributed by atoms with van der Waals surface area (Å²) < 4.78 is 1.08. The van der Waals surface area contributed by atoms with Gasteiger partial charge in [-0.2, -0.15) is 0 Å². The van der Waals surface area contributed by atoms with Gasteiger partial charge in [0, 0.05) is 9.26 Å². The molecular weight excluding hydrogens is 367 g/mol. The van der Waals surface area contributed by atoms with Crippen molar-refractivity contribution in [3.8, 4) is 0 Å². The van der Waals surface area contributed by atoms with Gasteiger partial charge >= 0.3 is 6.03 Å². The number of benzene rings is 2. The molecule has 20 heavy (non-hydrogen) atoms. The lowest BCUT2D eigenvalue weighted by atomic mass is 10.1. The molecule has 1 saturated heterocycles. The van der Waals surface area contributed by atoms with Gasteiger partial charge in [-0.15, -0.1) is 0 Å². The number of anilines is 1. The minimum atomic E-state index is -0.608. The van der Waals surface area contributed by atoms with Crippen molar-refractivity contribution in [3.05, 3.63) is 63.7 Å². The zero-order valence-corrected chi connectivity index (χ0v) is 12.6. The molecule has 1 aliphatic heterocycles. The van der Waals surface area contributed by atoms with Crippen LogP contribution in [0.3, 0.4) is 0 Å². The van der Waals surface area contributed by atoms with Crippen LogP contribution in [0.4, 0.5) is 10.5 Å². The molecule has 100 valence electrons. The molecule has 0 radical (unpaired) electrons. The van der Waals surface area contributed by atoms with E-state index >= 15 is 0 Å². The number of hydrogen-bond donors (Lipinski definition) is 1. The Kier molecular flexibility index (Phi) is 3.43. The lowest BCUT2D eigenvalue weighted by Crippen LogP contribution is -2.29. The lowest BCUT2D eigenvalue weighted by molar-refractivity contribution is -0.119. The first-order valence-electron chi connectivity index (χ1n) is 6.11. The van der Waals surface area contributed by atoms with Crippen LogP contribution in [-0.2, 0) is 4.79 Å². The SMILES string of the molecule is O=C1NC(=O)N(c2ccc(I)cc2)C1c1ccccc1. The molecule has 1 atom stereocenters. The molecule has 0 aromatic heterocycles. The number of hydrogen-bond acceptors (Lipinski definition) is 2. The summed E-state index contributed by atoms with van der Waals surface area (Å²) >= 11 is 2.20. The molecule has 0 saturated carbocycles. The van der Waals surface area contributed by atoms with Gasteiger partial charge in [0.2, 0.25) is 0 Å². The van der Waals surface area contributed by atoms with Gasteiger partial charge < -0.3 is 0 Å². The second kappa shape index (κ2) is 5.24. The van der Waals surface area contributed by atoms with Crippen molar-refractivity contribution in [2.24, 2.45) is 0 Å². The summed E-state index contributed by atoms with van der Waals surface area (Å²) in [5.74, 6) is -0.292. The third-order valence-corrected chi connectivity index (χ3v) is 3.89. The van der Waals surface area contributed by atoms with Crippen LogP contribution in [0.15, 0.2) is 54.6 Å². The minimum Gasteiger partial charge on any atom is -0.277 e. The Morgan fingerprint density at radius 2 is 1.60 bits per heavy atom. The highest BCUT2D eigenvalue weighted by Gasteiger charge is 2.40. The second-order valence-electron chi connectivity index (χ2n) is 4.45. The van der Waals surface area contributed by atoms with Crippen molar-refractivity contribution in [3.63, 3.8) is 0 Å². The molecule has 1 heterocycles. The topological polar surface area (TPSA) is 49.4 Å². The number of urea groups is 1.